The standard InChI is InChI=1S/C16H32O2.C8H16O2/c1-2-3-4-5-6-7-8-9-10-11-12-13-14-15-16(17)18;1-3-5-6-7(4-2)8(9)10/h2-15H2,1H3,(H,17,18);7H,3-6H2,1-2H3,(H,9,10). The molecule has 0 aromatic rings. The van der Waals surface area contributed by atoms with Crippen molar-refractivity contribution in [2.45, 2.75) is 136 Å². The van der Waals surface area contributed by atoms with Gasteiger partial charge in [0.05, 0.1) is 5.92 Å². The number of aliphatic carboxylic acids is 2. The summed E-state index contributed by atoms with van der Waals surface area (Å²) in [6.07, 6.45) is 21.0. The van der Waals surface area contributed by atoms with Crippen molar-refractivity contribution in [1.82, 2.24) is 0 Å². The predicted molar refractivity (Wildman–Crippen MR) is 119 cm³/mol. The first kappa shape index (κ1) is 29.1. The van der Waals surface area contributed by atoms with Crippen molar-refractivity contribution >= 4 is 11.9 Å². The summed E-state index contributed by atoms with van der Waals surface area (Å²) in [6, 6.07) is 0. The molecule has 0 spiro atoms. The lowest BCUT2D eigenvalue weighted by molar-refractivity contribution is -0.142. The fourth-order valence-electron chi connectivity index (χ4n) is 3.25. The van der Waals surface area contributed by atoms with Crippen molar-refractivity contribution in [3.63, 3.8) is 0 Å². The predicted octanol–water partition coefficient (Wildman–Crippen LogP) is 7.84. The topological polar surface area (TPSA) is 74.6 Å². The second-order valence-corrected chi connectivity index (χ2v) is 7.97. The first-order chi connectivity index (χ1) is 13.5. The normalized spacial score (nSPS) is 11.5. The fraction of sp³-hybridized carbons (Fsp3) is 0.917. The van der Waals surface area contributed by atoms with E-state index in [1.807, 2.05) is 6.92 Å². The summed E-state index contributed by atoms with van der Waals surface area (Å²) < 4.78 is 0. The molecule has 4 nitrogen and oxygen atoms in total. The van der Waals surface area contributed by atoms with Gasteiger partial charge in [-0.05, 0) is 19.3 Å². The maximum absolute atomic E-state index is 10.4. The quantitative estimate of drug-likeness (QED) is 0.216. The van der Waals surface area contributed by atoms with E-state index in [2.05, 4.69) is 13.8 Å². The van der Waals surface area contributed by atoms with Gasteiger partial charge in [0.2, 0.25) is 0 Å². The molecule has 0 saturated carbocycles. The van der Waals surface area contributed by atoms with Crippen LogP contribution in [0.4, 0.5) is 0 Å². The van der Waals surface area contributed by atoms with Gasteiger partial charge < -0.3 is 10.2 Å². The van der Waals surface area contributed by atoms with E-state index in [9.17, 15) is 9.59 Å². The summed E-state index contributed by atoms with van der Waals surface area (Å²) in [5.74, 6) is -1.41. The van der Waals surface area contributed by atoms with Crippen molar-refractivity contribution in [3.05, 3.63) is 0 Å². The molecule has 0 aliphatic rings. The SMILES string of the molecule is CCCCC(CC)C(=O)O.CCCCCCCCCCCCCCCC(=O)O. The highest BCUT2D eigenvalue weighted by atomic mass is 16.4. The van der Waals surface area contributed by atoms with Crippen LogP contribution in [0.25, 0.3) is 0 Å². The average Bonchev–Trinajstić information content (AvgIpc) is 2.66. The summed E-state index contributed by atoms with van der Waals surface area (Å²) in [6.45, 7) is 6.26. The van der Waals surface area contributed by atoms with Gasteiger partial charge in [-0.3, -0.25) is 9.59 Å². The molecule has 4 heteroatoms. The van der Waals surface area contributed by atoms with Crippen LogP contribution in [-0.4, -0.2) is 22.2 Å². The average molecular weight is 401 g/mol. The van der Waals surface area contributed by atoms with Gasteiger partial charge in [-0.25, -0.2) is 0 Å². The van der Waals surface area contributed by atoms with E-state index in [4.69, 9.17) is 10.2 Å². The zero-order chi connectivity index (χ0) is 21.5. The molecule has 0 heterocycles. The molecule has 28 heavy (non-hydrogen) atoms. The number of rotatable bonds is 19. The maximum Gasteiger partial charge on any atom is 0.306 e. The zero-order valence-electron chi connectivity index (χ0n) is 19.0. The maximum atomic E-state index is 10.4. The Kier molecular flexibility index (Phi) is 25.0. The first-order valence-corrected chi connectivity index (χ1v) is 11.9. The Hall–Kier alpha value is -1.06. The molecule has 0 aromatic carbocycles. The van der Waals surface area contributed by atoms with E-state index in [0.717, 1.165) is 38.5 Å². The summed E-state index contributed by atoms with van der Waals surface area (Å²) in [4.78, 5) is 20.7. The minimum atomic E-state index is -0.655. The minimum Gasteiger partial charge on any atom is -0.481 e. The Balaban J connectivity index is 0. The number of carboxylic acid groups (broad SMARTS) is 2. The molecule has 2 N–H and O–H groups in total. The molecule has 0 rings (SSSR count). The Morgan fingerprint density at radius 2 is 1.00 bits per heavy atom. The molecule has 0 bridgehead atoms. The Morgan fingerprint density at radius 1 is 0.607 bits per heavy atom. The molecule has 1 unspecified atom stereocenters. The third kappa shape index (κ3) is 24.9. The molecule has 0 fully saturated rings. The molecule has 0 saturated heterocycles. The number of hydrogen-bond donors (Lipinski definition) is 2. The monoisotopic (exact) mass is 400 g/mol. The Morgan fingerprint density at radius 3 is 1.32 bits per heavy atom. The van der Waals surface area contributed by atoms with Gasteiger partial charge in [0.15, 0.2) is 0 Å². The second kappa shape index (κ2) is 24.0. The van der Waals surface area contributed by atoms with Crippen LogP contribution in [0.3, 0.4) is 0 Å². The van der Waals surface area contributed by atoms with Crippen LogP contribution in [0, 0.1) is 5.92 Å². The largest absolute Gasteiger partial charge is 0.481 e. The lowest BCUT2D eigenvalue weighted by Crippen LogP contribution is -2.11. The van der Waals surface area contributed by atoms with Crippen molar-refractivity contribution in [3.8, 4) is 0 Å². The lowest BCUT2D eigenvalue weighted by atomic mass is 10.00. The molecule has 0 aromatic heterocycles. The van der Waals surface area contributed by atoms with Gasteiger partial charge in [0, 0.05) is 6.42 Å². The van der Waals surface area contributed by atoms with Gasteiger partial charge >= 0.3 is 11.9 Å². The third-order valence-corrected chi connectivity index (χ3v) is 5.24. The number of hydrogen-bond acceptors (Lipinski definition) is 2. The van der Waals surface area contributed by atoms with Gasteiger partial charge in [-0.1, -0.05) is 111 Å². The highest BCUT2D eigenvalue weighted by molar-refractivity contribution is 5.69. The van der Waals surface area contributed by atoms with E-state index in [0.29, 0.717) is 6.42 Å². The van der Waals surface area contributed by atoms with Crippen molar-refractivity contribution in [1.29, 1.82) is 0 Å². The van der Waals surface area contributed by atoms with Gasteiger partial charge in [0.1, 0.15) is 0 Å². The molecule has 0 aliphatic carbocycles. The second-order valence-electron chi connectivity index (χ2n) is 7.97. The highest BCUT2D eigenvalue weighted by Crippen LogP contribution is 2.13. The van der Waals surface area contributed by atoms with Crippen molar-refractivity contribution < 1.29 is 19.8 Å². The lowest BCUT2D eigenvalue weighted by Gasteiger charge is -2.06. The molecule has 0 aliphatic heterocycles. The summed E-state index contributed by atoms with van der Waals surface area (Å²) >= 11 is 0. The molecular weight excluding hydrogens is 352 g/mol. The van der Waals surface area contributed by atoms with E-state index >= 15 is 0 Å². The van der Waals surface area contributed by atoms with Crippen LogP contribution in [0.5, 0.6) is 0 Å². The Labute approximate surface area is 174 Å². The third-order valence-electron chi connectivity index (χ3n) is 5.24. The van der Waals surface area contributed by atoms with E-state index in [-0.39, 0.29) is 5.92 Å². The highest BCUT2D eigenvalue weighted by Gasteiger charge is 2.12. The van der Waals surface area contributed by atoms with E-state index in [1.165, 1.54) is 70.6 Å². The van der Waals surface area contributed by atoms with Gasteiger partial charge in [-0.2, -0.15) is 0 Å². The smallest absolute Gasteiger partial charge is 0.306 e. The van der Waals surface area contributed by atoms with E-state index < -0.39 is 11.9 Å². The number of unbranched alkanes of at least 4 members (excludes halogenated alkanes) is 13. The van der Waals surface area contributed by atoms with E-state index in [1.54, 1.807) is 0 Å². The van der Waals surface area contributed by atoms with Crippen LogP contribution in [-0.2, 0) is 9.59 Å². The van der Waals surface area contributed by atoms with Gasteiger partial charge in [-0.15, -0.1) is 0 Å². The van der Waals surface area contributed by atoms with Crippen LogP contribution >= 0.6 is 0 Å². The van der Waals surface area contributed by atoms with Crippen LogP contribution in [0.1, 0.15) is 136 Å². The fourth-order valence-corrected chi connectivity index (χ4v) is 3.25. The molecule has 1 atom stereocenters. The number of carbonyl (C=O) groups is 2. The van der Waals surface area contributed by atoms with Crippen LogP contribution < -0.4 is 0 Å². The molecule has 0 radical (unpaired) electrons. The van der Waals surface area contributed by atoms with Crippen LogP contribution in [0.15, 0.2) is 0 Å². The van der Waals surface area contributed by atoms with Crippen molar-refractivity contribution in [2.75, 3.05) is 0 Å². The Bertz CT molecular complexity index is 341. The summed E-state index contributed by atoms with van der Waals surface area (Å²) in [5, 5.41) is 17.1. The molecule has 168 valence electrons. The van der Waals surface area contributed by atoms with Crippen molar-refractivity contribution in [2.24, 2.45) is 5.92 Å². The number of carboxylic acids is 2. The summed E-state index contributed by atoms with van der Waals surface area (Å²) in [7, 11) is 0. The first-order valence-electron chi connectivity index (χ1n) is 11.9. The van der Waals surface area contributed by atoms with Gasteiger partial charge in [0.25, 0.3) is 0 Å². The molecular formula is C24H48O4. The molecule has 0 amide bonds. The zero-order valence-corrected chi connectivity index (χ0v) is 19.0. The summed E-state index contributed by atoms with van der Waals surface area (Å²) in [5.41, 5.74) is 0. The van der Waals surface area contributed by atoms with Crippen LogP contribution in [0.2, 0.25) is 0 Å². The minimum absolute atomic E-state index is 0.111.